The van der Waals surface area contributed by atoms with Crippen molar-refractivity contribution in [3.63, 3.8) is 0 Å². The summed E-state index contributed by atoms with van der Waals surface area (Å²) in [5.41, 5.74) is 1.61. The third-order valence-electron chi connectivity index (χ3n) is 2.46. The Hall–Kier alpha value is -1.48. The molecule has 2 N–H and O–H groups in total. The summed E-state index contributed by atoms with van der Waals surface area (Å²) in [7, 11) is 1.86. The summed E-state index contributed by atoms with van der Waals surface area (Å²) in [4.78, 5) is 0. The van der Waals surface area contributed by atoms with Gasteiger partial charge >= 0.3 is 0 Å². The first kappa shape index (κ1) is 9.09. The molecule has 0 saturated carbocycles. The smallest absolute Gasteiger partial charge is 0.139 e. The second-order valence-corrected chi connectivity index (χ2v) is 3.54. The maximum Gasteiger partial charge on any atom is 0.139 e. The van der Waals surface area contributed by atoms with E-state index in [9.17, 15) is 10.2 Å². The number of phenols is 1. The van der Waals surface area contributed by atoms with Crippen LogP contribution in [0.2, 0.25) is 0 Å². The van der Waals surface area contributed by atoms with Gasteiger partial charge in [-0.25, -0.2) is 0 Å². The predicted octanol–water partition coefficient (Wildman–Crippen LogP) is 1.94. The number of aromatic hydroxyl groups is 1. The summed E-state index contributed by atoms with van der Waals surface area (Å²) in [5.74, 6) is 0.247. The lowest BCUT2D eigenvalue weighted by Gasteiger charge is -2.01. The number of nitrogens with zero attached hydrogens (tertiary/aromatic N) is 1. The van der Waals surface area contributed by atoms with Crippen LogP contribution in [0, 0.1) is 0 Å². The van der Waals surface area contributed by atoms with E-state index < -0.39 is 6.10 Å². The molecule has 0 radical (unpaired) electrons. The Balaban J connectivity index is 2.84. The lowest BCUT2D eigenvalue weighted by atomic mass is 10.1. The second kappa shape index (κ2) is 3.03. The van der Waals surface area contributed by atoms with Crippen LogP contribution in [0.25, 0.3) is 10.9 Å². The molecular weight excluding hydrogens is 178 g/mol. The van der Waals surface area contributed by atoms with Gasteiger partial charge in [-0.1, -0.05) is 12.1 Å². The van der Waals surface area contributed by atoms with E-state index in [2.05, 4.69) is 0 Å². The molecule has 0 aliphatic rings. The first-order valence-corrected chi connectivity index (χ1v) is 4.56. The first-order valence-electron chi connectivity index (χ1n) is 4.56. The fourth-order valence-corrected chi connectivity index (χ4v) is 1.81. The summed E-state index contributed by atoms with van der Waals surface area (Å²) < 4.78 is 1.83. The van der Waals surface area contributed by atoms with Gasteiger partial charge < -0.3 is 14.8 Å². The van der Waals surface area contributed by atoms with Crippen molar-refractivity contribution >= 4 is 10.9 Å². The van der Waals surface area contributed by atoms with E-state index in [4.69, 9.17) is 0 Å². The van der Waals surface area contributed by atoms with E-state index in [1.165, 1.54) is 0 Å². The SMILES string of the molecule is CC(O)c1cn(C)c2c(O)cccc12. The summed E-state index contributed by atoms with van der Waals surface area (Å²) in [6.07, 6.45) is 1.33. The number of hydrogen-bond acceptors (Lipinski definition) is 2. The molecule has 1 aromatic heterocycles. The number of aromatic nitrogens is 1. The second-order valence-electron chi connectivity index (χ2n) is 3.54. The van der Waals surface area contributed by atoms with Gasteiger partial charge in [0.1, 0.15) is 5.75 Å². The molecular formula is C11H13NO2. The van der Waals surface area contributed by atoms with Crippen LogP contribution in [0.15, 0.2) is 24.4 Å². The van der Waals surface area contributed by atoms with Crippen LogP contribution in [0.3, 0.4) is 0 Å². The van der Waals surface area contributed by atoms with Gasteiger partial charge in [0.15, 0.2) is 0 Å². The molecule has 0 aliphatic heterocycles. The van der Waals surface area contributed by atoms with Crippen molar-refractivity contribution in [1.29, 1.82) is 0 Å². The first-order chi connectivity index (χ1) is 6.61. The van der Waals surface area contributed by atoms with Crippen molar-refractivity contribution in [2.24, 2.45) is 7.05 Å². The highest BCUT2D eigenvalue weighted by atomic mass is 16.3. The van der Waals surface area contributed by atoms with Crippen LogP contribution < -0.4 is 0 Å². The van der Waals surface area contributed by atoms with E-state index in [0.717, 1.165) is 16.5 Å². The van der Waals surface area contributed by atoms with Crippen molar-refractivity contribution in [2.45, 2.75) is 13.0 Å². The molecule has 0 bridgehead atoms. The molecule has 0 spiro atoms. The van der Waals surface area contributed by atoms with E-state index in [1.807, 2.05) is 23.9 Å². The van der Waals surface area contributed by atoms with Gasteiger partial charge in [-0.05, 0) is 13.0 Å². The van der Waals surface area contributed by atoms with Crippen molar-refractivity contribution in [3.8, 4) is 5.75 Å². The molecule has 3 nitrogen and oxygen atoms in total. The Labute approximate surface area is 82.2 Å². The minimum atomic E-state index is -0.513. The normalized spacial score (nSPS) is 13.4. The van der Waals surface area contributed by atoms with Crippen LogP contribution >= 0.6 is 0 Å². The van der Waals surface area contributed by atoms with Gasteiger partial charge in [0.05, 0.1) is 11.6 Å². The van der Waals surface area contributed by atoms with E-state index >= 15 is 0 Å². The van der Waals surface area contributed by atoms with E-state index in [-0.39, 0.29) is 5.75 Å². The fourth-order valence-electron chi connectivity index (χ4n) is 1.81. The summed E-state index contributed by atoms with van der Waals surface area (Å²) in [6.45, 7) is 1.72. The zero-order valence-corrected chi connectivity index (χ0v) is 8.23. The highest BCUT2D eigenvalue weighted by Crippen LogP contribution is 2.31. The van der Waals surface area contributed by atoms with Gasteiger partial charge in [0, 0.05) is 24.2 Å². The van der Waals surface area contributed by atoms with Crippen LogP contribution in [0.1, 0.15) is 18.6 Å². The number of aryl methyl sites for hydroxylation is 1. The van der Waals surface area contributed by atoms with Crippen molar-refractivity contribution in [2.75, 3.05) is 0 Å². The number of fused-ring (bicyclic) bond motifs is 1. The Bertz CT molecular complexity index is 471. The molecule has 0 fully saturated rings. The number of rotatable bonds is 1. The monoisotopic (exact) mass is 191 g/mol. The standard InChI is InChI=1S/C11H13NO2/c1-7(13)9-6-12(2)11-8(9)4-3-5-10(11)14/h3-7,13-14H,1-2H3. The fraction of sp³-hybridized carbons (Fsp3) is 0.273. The number of phenolic OH excluding ortho intramolecular Hbond substituents is 1. The maximum atomic E-state index is 9.64. The van der Waals surface area contributed by atoms with Crippen LogP contribution in [-0.2, 0) is 7.05 Å². The number of aliphatic hydroxyl groups is 1. The number of aliphatic hydroxyl groups excluding tert-OH is 1. The van der Waals surface area contributed by atoms with Crippen LogP contribution in [0.4, 0.5) is 0 Å². The van der Waals surface area contributed by atoms with Gasteiger partial charge in [-0.2, -0.15) is 0 Å². The highest BCUT2D eigenvalue weighted by Gasteiger charge is 2.12. The lowest BCUT2D eigenvalue weighted by molar-refractivity contribution is 0.200. The van der Waals surface area contributed by atoms with Gasteiger partial charge in [0.2, 0.25) is 0 Å². The number of hydrogen-bond donors (Lipinski definition) is 2. The Morgan fingerprint density at radius 3 is 2.71 bits per heavy atom. The minimum Gasteiger partial charge on any atom is -0.506 e. The molecule has 1 atom stereocenters. The van der Waals surface area contributed by atoms with E-state index in [0.29, 0.717) is 0 Å². The quantitative estimate of drug-likeness (QED) is 0.723. The zero-order valence-electron chi connectivity index (χ0n) is 8.23. The molecule has 74 valence electrons. The molecule has 0 amide bonds. The zero-order chi connectivity index (χ0) is 10.3. The van der Waals surface area contributed by atoms with Crippen LogP contribution in [-0.4, -0.2) is 14.8 Å². The molecule has 1 aromatic carbocycles. The summed E-state index contributed by atoms with van der Waals surface area (Å²) >= 11 is 0. The van der Waals surface area contributed by atoms with Gasteiger partial charge in [-0.3, -0.25) is 0 Å². The average Bonchev–Trinajstić information content (AvgIpc) is 2.45. The minimum absolute atomic E-state index is 0.247. The van der Waals surface area contributed by atoms with Crippen LogP contribution in [0.5, 0.6) is 5.75 Å². The molecule has 0 aliphatic carbocycles. The molecule has 2 rings (SSSR count). The number of benzene rings is 1. The van der Waals surface area contributed by atoms with Gasteiger partial charge in [-0.15, -0.1) is 0 Å². The maximum absolute atomic E-state index is 9.64. The van der Waals surface area contributed by atoms with Crippen molar-refractivity contribution in [1.82, 2.24) is 4.57 Å². The summed E-state index contributed by atoms with van der Waals surface area (Å²) in [6, 6.07) is 5.33. The Morgan fingerprint density at radius 1 is 1.36 bits per heavy atom. The van der Waals surface area contributed by atoms with Gasteiger partial charge in [0.25, 0.3) is 0 Å². The topological polar surface area (TPSA) is 45.4 Å². The molecule has 2 aromatic rings. The third kappa shape index (κ3) is 1.17. The van der Waals surface area contributed by atoms with Crippen molar-refractivity contribution in [3.05, 3.63) is 30.0 Å². The Morgan fingerprint density at radius 2 is 2.07 bits per heavy atom. The molecule has 3 heteroatoms. The molecule has 14 heavy (non-hydrogen) atoms. The lowest BCUT2D eigenvalue weighted by Crippen LogP contribution is -1.88. The van der Waals surface area contributed by atoms with Crippen molar-refractivity contribution < 1.29 is 10.2 Å². The molecule has 1 heterocycles. The van der Waals surface area contributed by atoms with E-state index in [1.54, 1.807) is 19.1 Å². The third-order valence-corrected chi connectivity index (χ3v) is 2.46. The number of para-hydroxylation sites is 1. The summed E-state index contributed by atoms with van der Waals surface area (Å²) in [5, 5.41) is 20.1. The molecule has 0 saturated heterocycles. The highest BCUT2D eigenvalue weighted by molar-refractivity contribution is 5.89. The Kier molecular flexibility index (Phi) is 1.97. The largest absolute Gasteiger partial charge is 0.506 e. The molecule has 1 unspecified atom stereocenters. The average molecular weight is 191 g/mol. The predicted molar refractivity (Wildman–Crippen MR) is 55.2 cm³/mol.